The molecular formula is C13H17N3O3. The number of amides is 3. The molecule has 0 aliphatic carbocycles. The van der Waals surface area contributed by atoms with Crippen LogP contribution in [0.15, 0.2) is 10.6 Å². The van der Waals surface area contributed by atoms with E-state index in [0.717, 1.165) is 31.4 Å². The molecule has 19 heavy (non-hydrogen) atoms. The van der Waals surface area contributed by atoms with Gasteiger partial charge in [0, 0.05) is 13.0 Å². The number of nitrogens with zero attached hydrogens (tertiary/aromatic N) is 3. The van der Waals surface area contributed by atoms with Gasteiger partial charge in [0.2, 0.25) is 5.89 Å². The van der Waals surface area contributed by atoms with Crippen molar-refractivity contribution >= 4 is 11.9 Å². The molecule has 2 fully saturated rings. The maximum Gasteiger partial charge on any atom is 0.327 e. The molecule has 3 heterocycles. The highest BCUT2D eigenvalue weighted by Gasteiger charge is 2.46. The van der Waals surface area contributed by atoms with Crippen LogP contribution >= 0.6 is 0 Å². The van der Waals surface area contributed by atoms with E-state index < -0.39 is 0 Å². The minimum Gasteiger partial charge on any atom is -0.444 e. The van der Waals surface area contributed by atoms with Gasteiger partial charge in [0.25, 0.3) is 5.91 Å². The summed E-state index contributed by atoms with van der Waals surface area (Å²) in [4.78, 5) is 31.5. The molecule has 0 radical (unpaired) electrons. The Labute approximate surface area is 111 Å². The standard InChI is InChI=1S/C13H17N3O3/c1-2-9-7-14-11(19-9)8-16-12(17)10-5-3-4-6-15(10)13(16)18/h7,10H,2-6,8H2,1H3/t10-/m0/s1. The molecule has 1 aromatic heterocycles. The zero-order valence-electron chi connectivity index (χ0n) is 11.0. The average Bonchev–Trinajstić information content (AvgIpc) is 2.99. The summed E-state index contributed by atoms with van der Waals surface area (Å²) in [6, 6.07) is -0.465. The van der Waals surface area contributed by atoms with Crippen LogP contribution < -0.4 is 0 Å². The Morgan fingerprint density at radius 1 is 1.42 bits per heavy atom. The molecular weight excluding hydrogens is 246 g/mol. The first-order valence-corrected chi connectivity index (χ1v) is 6.76. The molecule has 0 N–H and O–H groups in total. The van der Waals surface area contributed by atoms with Gasteiger partial charge in [0.05, 0.1) is 6.20 Å². The van der Waals surface area contributed by atoms with E-state index in [0.29, 0.717) is 12.4 Å². The fraction of sp³-hybridized carbons (Fsp3) is 0.615. The number of carbonyl (C=O) groups excluding carboxylic acids is 2. The van der Waals surface area contributed by atoms with E-state index in [-0.39, 0.29) is 24.5 Å². The summed E-state index contributed by atoms with van der Waals surface area (Å²) >= 11 is 0. The lowest BCUT2D eigenvalue weighted by atomic mass is 10.0. The van der Waals surface area contributed by atoms with Crippen LogP contribution in [0.4, 0.5) is 4.79 Å². The average molecular weight is 263 g/mol. The highest BCUT2D eigenvalue weighted by atomic mass is 16.4. The summed E-state index contributed by atoms with van der Waals surface area (Å²) < 4.78 is 5.47. The maximum absolute atomic E-state index is 12.2. The van der Waals surface area contributed by atoms with Gasteiger partial charge in [-0.2, -0.15) is 0 Å². The largest absolute Gasteiger partial charge is 0.444 e. The van der Waals surface area contributed by atoms with Crippen molar-refractivity contribution in [1.82, 2.24) is 14.8 Å². The van der Waals surface area contributed by atoms with Crippen molar-refractivity contribution in [1.29, 1.82) is 0 Å². The van der Waals surface area contributed by atoms with Crippen molar-refractivity contribution in [3.05, 3.63) is 17.8 Å². The molecule has 1 atom stereocenters. The fourth-order valence-electron chi connectivity index (χ4n) is 2.71. The predicted molar refractivity (Wildman–Crippen MR) is 66.2 cm³/mol. The third-order valence-corrected chi connectivity index (χ3v) is 3.77. The molecule has 0 unspecified atom stereocenters. The minimum absolute atomic E-state index is 0.110. The molecule has 3 amide bonds. The third-order valence-electron chi connectivity index (χ3n) is 3.77. The number of hydrogen-bond donors (Lipinski definition) is 0. The molecule has 0 saturated carbocycles. The van der Waals surface area contributed by atoms with Gasteiger partial charge in [-0.1, -0.05) is 6.92 Å². The first-order chi connectivity index (χ1) is 9.20. The minimum atomic E-state index is -0.262. The van der Waals surface area contributed by atoms with Crippen LogP contribution in [0.25, 0.3) is 0 Å². The van der Waals surface area contributed by atoms with Crippen LogP contribution in [-0.4, -0.2) is 39.3 Å². The van der Waals surface area contributed by atoms with Crippen molar-refractivity contribution < 1.29 is 14.0 Å². The zero-order chi connectivity index (χ0) is 13.4. The highest BCUT2D eigenvalue weighted by molar-refractivity contribution is 6.04. The van der Waals surface area contributed by atoms with E-state index in [1.165, 1.54) is 4.90 Å². The second-order valence-electron chi connectivity index (χ2n) is 4.99. The van der Waals surface area contributed by atoms with Gasteiger partial charge in [0.1, 0.15) is 18.3 Å². The summed E-state index contributed by atoms with van der Waals surface area (Å²) in [6.07, 6.45) is 5.15. The van der Waals surface area contributed by atoms with Crippen molar-refractivity contribution in [2.75, 3.05) is 6.54 Å². The molecule has 6 heteroatoms. The van der Waals surface area contributed by atoms with E-state index in [4.69, 9.17) is 4.42 Å². The molecule has 2 aliphatic rings. The number of oxazole rings is 1. The van der Waals surface area contributed by atoms with Gasteiger partial charge in [-0.3, -0.25) is 9.69 Å². The van der Waals surface area contributed by atoms with Gasteiger partial charge in [0.15, 0.2) is 0 Å². The second kappa shape index (κ2) is 4.68. The molecule has 3 rings (SSSR count). The van der Waals surface area contributed by atoms with Crippen molar-refractivity contribution in [2.24, 2.45) is 0 Å². The van der Waals surface area contributed by atoms with Crippen LogP contribution in [0, 0.1) is 0 Å². The number of imide groups is 1. The number of hydrogen-bond acceptors (Lipinski definition) is 4. The Hall–Kier alpha value is -1.85. The van der Waals surface area contributed by atoms with E-state index in [1.807, 2.05) is 6.92 Å². The lowest BCUT2D eigenvalue weighted by Gasteiger charge is -2.25. The maximum atomic E-state index is 12.2. The SMILES string of the molecule is CCc1cnc(CN2C(=O)[C@@H]3CCCCN3C2=O)o1. The number of piperidine rings is 1. The van der Waals surface area contributed by atoms with E-state index >= 15 is 0 Å². The Morgan fingerprint density at radius 2 is 2.26 bits per heavy atom. The quantitative estimate of drug-likeness (QED) is 0.776. The first kappa shape index (κ1) is 12.2. The van der Waals surface area contributed by atoms with Gasteiger partial charge in [-0.05, 0) is 19.3 Å². The fourth-order valence-corrected chi connectivity index (χ4v) is 2.71. The first-order valence-electron chi connectivity index (χ1n) is 6.76. The topological polar surface area (TPSA) is 66.7 Å². The van der Waals surface area contributed by atoms with Crippen LogP contribution in [-0.2, 0) is 17.8 Å². The van der Waals surface area contributed by atoms with Crippen molar-refractivity contribution in [3.63, 3.8) is 0 Å². The number of aromatic nitrogens is 1. The summed E-state index contributed by atoms with van der Waals surface area (Å²) in [5, 5.41) is 0. The summed E-state index contributed by atoms with van der Waals surface area (Å²) in [7, 11) is 0. The smallest absolute Gasteiger partial charge is 0.327 e. The molecule has 2 saturated heterocycles. The Morgan fingerprint density at radius 3 is 2.95 bits per heavy atom. The highest BCUT2D eigenvalue weighted by Crippen LogP contribution is 2.27. The van der Waals surface area contributed by atoms with Gasteiger partial charge in [-0.25, -0.2) is 9.78 Å². The second-order valence-corrected chi connectivity index (χ2v) is 4.99. The molecule has 0 spiro atoms. The molecule has 0 bridgehead atoms. The third kappa shape index (κ3) is 2.01. The summed E-state index contributed by atoms with van der Waals surface area (Å²) in [5.41, 5.74) is 0. The van der Waals surface area contributed by atoms with Crippen LogP contribution in [0.5, 0.6) is 0 Å². The number of urea groups is 1. The Bertz CT molecular complexity index is 487. The van der Waals surface area contributed by atoms with Gasteiger partial charge in [-0.15, -0.1) is 0 Å². The Balaban J connectivity index is 1.77. The monoisotopic (exact) mass is 263 g/mol. The predicted octanol–water partition coefficient (Wildman–Crippen LogP) is 1.55. The summed E-state index contributed by atoms with van der Waals surface area (Å²) in [6.45, 7) is 2.79. The van der Waals surface area contributed by atoms with Crippen LogP contribution in [0.2, 0.25) is 0 Å². The van der Waals surface area contributed by atoms with E-state index in [1.54, 1.807) is 11.1 Å². The van der Waals surface area contributed by atoms with Crippen molar-refractivity contribution in [2.45, 2.75) is 45.2 Å². The van der Waals surface area contributed by atoms with Crippen LogP contribution in [0.1, 0.15) is 37.8 Å². The molecule has 2 aliphatic heterocycles. The molecule has 102 valence electrons. The number of rotatable bonds is 3. The van der Waals surface area contributed by atoms with Gasteiger partial charge < -0.3 is 9.32 Å². The van der Waals surface area contributed by atoms with Crippen LogP contribution in [0.3, 0.4) is 0 Å². The number of aryl methyl sites for hydroxylation is 1. The molecule has 1 aromatic rings. The van der Waals surface area contributed by atoms with Crippen molar-refractivity contribution in [3.8, 4) is 0 Å². The van der Waals surface area contributed by atoms with E-state index in [9.17, 15) is 9.59 Å². The molecule has 0 aromatic carbocycles. The lowest BCUT2D eigenvalue weighted by molar-refractivity contribution is -0.129. The summed E-state index contributed by atoms with van der Waals surface area (Å²) in [5.74, 6) is 1.09. The van der Waals surface area contributed by atoms with E-state index in [2.05, 4.69) is 4.98 Å². The number of fused-ring (bicyclic) bond motifs is 1. The number of carbonyl (C=O) groups is 2. The molecule has 6 nitrogen and oxygen atoms in total. The Kier molecular flexibility index (Phi) is 3.00. The van der Waals surface area contributed by atoms with Gasteiger partial charge >= 0.3 is 6.03 Å². The lowest BCUT2D eigenvalue weighted by Crippen LogP contribution is -2.38. The normalized spacial score (nSPS) is 23.1. The zero-order valence-corrected chi connectivity index (χ0v) is 11.0.